The average Bonchev–Trinajstić information content (AvgIpc) is 2.81. The van der Waals surface area contributed by atoms with Crippen LogP contribution in [0.2, 0.25) is 0 Å². The second-order valence-corrected chi connectivity index (χ2v) is 4.98. The maximum absolute atomic E-state index is 13.0. The molecule has 0 aliphatic carbocycles. The van der Waals surface area contributed by atoms with Gasteiger partial charge in [-0.1, -0.05) is 0 Å². The molecule has 102 valence electrons. The molecule has 0 bridgehead atoms. The summed E-state index contributed by atoms with van der Waals surface area (Å²) in [6.45, 7) is 2.58. The van der Waals surface area contributed by atoms with E-state index in [4.69, 9.17) is 5.11 Å². The zero-order valence-corrected chi connectivity index (χ0v) is 11.1. The Morgan fingerprint density at radius 1 is 1.25 bits per heavy atom. The predicted octanol–water partition coefficient (Wildman–Crippen LogP) is 3.53. The van der Waals surface area contributed by atoms with Crippen LogP contribution in [0.4, 0.5) is 15.8 Å². The molecule has 1 N–H and O–H groups in total. The lowest BCUT2D eigenvalue weighted by Crippen LogP contribution is -2.13. The van der Waals surface area contributed by atoms with E-state index in [-0.39, 0.29) is 5.82 Å². The first-order valence-corrected chi connectivity index (χ1v) is 6.46. The molecule has 0 amide bonds. The van der Waals surface area contributed by atoms with Crippen molar-refractivity contribution in [1.82, 2.24) is 0 Å². The van der Waals surface area contributed by atoms with E-state index in [1.165, 1.54) is 12.1 Å². The van der Waals surface area contributed by atoms with Gasteiger partial charge >= 0.3 is 5.97 Å². The number of carboxylic acid groups (broad SMARTS) is 1. The lowest BCUT2D eigenvalue weighted by atomic mass is 10.0. The highest BCUT2D eigenvalue weighted by atomic mass is 19.1. The van der Waals surface area contributed by atoms with Crippen LogP contribution < -0.4 is 4.90 Å². The van der Waals surface area contributed by atoms with Crippen LogP contribution in [-0.4, -0.2) is 17.6 Å². The van der Waals surface area contributed by atoms with Crippen molar-refractivity contribution in [3.8, 4) is 0 Å². The van der Waals surface area contributed by atoms with Gasteiger partial charge in [0.05, 0.1) is 5.56 Å². The summed E-state index contributed by atoms with van der Waals surface area (Å²) in [5, 5.41) is 9.16. The molecule has 2 aromatic rings. The van der Waals surface area contributed by atoms with Crippen LogP contribution >= 0.6 is 0 Å². The first-order valence-electron chi connectivity index (χ1n) is 6.46. The summed E-state index contributed by atoms with van der Waals surface area (Å²) >= 11 is 0. The number of halogens is 1. The number of aryl methyl sites for hydroxylation is 1. The average molecular weight is 271 g/mol. The lowest BCUT2D eigenvalue weighted by molar-refractivity contribution is 0.0696. The summed E-state index contributed by atoms with van der Waals surface area (Å²) in [6, 6.07) is 10.00. The highest BCUT2D eigenvalue weighted by Gasteiger charge is 2.23. The molecule has 0 fully saturated rings. The third-order valence-electron chi connectivity index (χ3n) is 3.69. The molecule has 2 aromatic carbocycles. The molecule has 1 aliphatic rings. The van der Waals surface area contributed by atoms with E-state index in [1.54, 1.807) is 25.1 Å². The Morgan fingerprint density at radius 2 is 1.95 bits per heavy atom. The van der Waals surface area contributed by atoms with Gasteiger partial charge in [-0.05, 0) is 60.9 Å². The number of benzene rings is 2. The SMILES string of the molecule is Cc1cc2c(cc1C(=O)O)CCN2c1ccc(F)cc1. The minimum Gasteiger partial charge on any atom is -0.478 e. The molecular formula is C16H14FNO2. The molecular weight excluding hydrogens is 257 g/mol. The lowest BCUT2D eigenvalue weighted by Gasteiger charge is -2.20. The summed E-state index contributed by atoms with van der Waals surface area (Å²) in [7, 11) is 0. The minimum absolute atomic E-state index is 0.259. The fraction of sp³-hybridized carbons (Fsp3) is 0.188. The van der Waals surface area contributed by atoms with Gasteiger partial charge in [0, 0.05) is 17.9 Å². The second kappa shape index (κ2) is 4.63. The van der Waals surface area contributed by atoms with Crippen LogP contribution in [0.15, 0.2) is 36.4 Å². The van der Waals surface area contributed by atoms with Crippen molar-refractivity contribution >= 4 is 17.3 Å². The zero-order valence-electron chi connectivity index (χ0n) is 11.1. The van der Waals surface area contributed by atoms with Crippen LogP contribution in [0.1, 0.15) is 21.5 Å². The van der Waals surface area contributed by atoms with Gasteiger partial charge < -0.3 is 10.0 Å². The Bertz CT molecular complexity index is 680. The number of anilines is 2. The second-order valence-electron chi connectivity index (χ2n) is 4.98. The molecule has 3 rings (SSSR count). The fourth-order valence-electron chi connectivity index (χ4n) is 2.66. The summed E-state index contributed by atoms with van der Waals surface area (Å²) < 4.78 is 13.0. The van der Waals surface area contributed by atoms with Crippen LogP contribution in [0, 0.1) is 12.7 Å². The Morgan fingerprint density at radius 3 is 2.60 bits per heavy atom. The minimum atomic E-state index is -0.898. The van der Waals surface area contributed by atoms with Crippen molar-refractivity contribution in [2.24, 2.45) is 0 Å². The molecule has 0 spiro atoms. The van der Waals surface area contributed by atoms with Crippen molar-refractivity contribution in [3.63, 3.8) is 0 Å². The fourth-order valence-corrected chi connectivity index (χ4v) is 2.66. The van der Waals surface area contributed by atoms with E-state index in [9.17, 15) is 9.18 Å². The maximum Gasteiger partial charge on any atom is 0.335 e. The molecule has 4 heteroatoms. The number of carbonyl (C=O) groups is 1. The van der Waals surface area contributed by atoms with Gasteiger partial charge in [-0.25, -0.2) is 9.18 Å². The van der Waals surface area contributed by atoms with Crippen LogP contribution in [-0.2, 0) is 6.42 Å². The summed E-state index contributed by atoms with van der Waals surface area (Å²) in [5.74, 6) is -1.16. The molecule has 1 aliphatic heterocycles. The quantitative estimate of drug-likeness (QED) is 0.908. The topological polar surface area (TPSA) is 40.5 Å². The van der Waals surface area contributed by atoms with Crippen molar-refractivity contribution in [2.45, 2.75) is 13.3 Å². The first kappa shape index (κ1) is 12.7. The van der Waals surface area contributed by atoms with Gasteiger partial charge in [0.15, 0.2) is 0 Å². The number of carboxylic acids is 1. The number of hydrogen-bond acceptors (Lipinski definition) is 2. The first-order chi connectivity index (χ1) is 9.56. The van der Waals surface area contributed by atoms with E-state index in [1.807, 2.05) is 6.07 Å². The molecule has 3 nitrogen and oxygen atoms in total. The molecule has 1 heterocycles. The predicted molar refractivity (Wildman–Crippen MR) is 75.2 cm³/mol. The molecule has 0 aromatic heterocycles. The van der Waals surface area contributed by atoms with E-state index >= 15 is 0 Å². The highest BCUT2D eigenvalue weighted by Crippen LogP contribution is 2.36. The van der Waals surface area contributed by atoms with E-state index in [2.05, 4.69) is 4.90 Å². The zero-order chi connectivity index (χ0) is 14.3. The Hall–Kier alpha value is -2.36. The van der Waals surface area contributed by atoms with Gasteiger partial charge in [0.2, 0.25) is 0 Å². The molecule has 0 radical (unpaired) electrons. The van der Waals surface area contributed by atoms with E-state index in [0.29, 0.717) is 5.56 Å². The number of nitrogens with zero attached hydrogens (tertiary/aromatic N) is 1. The van der Waals surface area contributed by atoms with Gasteiger partial charge in [-0.2, -0.15) is 0 Å². The Labute approximate surface area is 116 Å². The molecule has 0 unspecified atom stereocenters. The standard InChI is InChI=1S/C16H14FNO2/c1-10-8-15-11(9-14(10)16(19)20)6-7-18(15)13-4-2-12(17)3-5-13/h2-5,8-9H,6-7H2,1H3,(H,19,20). The molecule has 0 saturated heterocycles. The van der Waals surface area contributed by atoms with Gasteiger partial charge in [-0.3, -0.25) is 0 Å². The molecule has 0 atom stereocenters. The monoisotopic (exact) mass is 271 g/mol. The van der Waals surface area contributed by atoms with Crippen LogP contribution in [0.3, 0.4) is 0 Å². The van der Waals surface area contributed by atoms with Crippen molar-refractivity contribution in [1.29, 1.82) is 0 Å². The smallest absolute Gasteiger partial charge is 0.335 e. The summed E-state index contributed by atoms with van der Waals surface area (Å²) in [5.41, 5.74) is 4.05. The largest absolute Gasteiger partial charge is 0.478 e. The number of rotatable bonds is 2. The van der Waals surface area contributed by atoms with Gasteiger partial charge in [-0.15, -0.1) is 0 Å². The maximum atomic E-state index is 13.0. The van der Waals surface area contributed by atoms with Crippen molar-refractivity contribution in [2.75, 3.05) is 11.4 Å². The highest BCUT2D eigenvalue weighted by molar-refractivity contribution is 5.91. The Kier molecular flexibility index (Phi) is 2.93. The van der Waals surface area contributed by atoms with Gasteiger partial charge in [0.1, 0.15) is 5.82 Å². The number of aromatic carboxylic acids is 1. The molecule has 20 heavy (non-hydrogen) atoms. The van der Waals surface area contributed by atoms with E-state index in [0.717, 1.165) is 35.5 Å². The van der Waals surface area contributed by atoms with Gasteiger partial charge in [0.25, 0.3) is 0 Å². The molecule has 0 saturated carbocycles. The van der Waals surface area contributed by atoms with E-state index < -0.39 is 5.97 Å². The Balaban J connectivity index is 2.04. The van der Waals surface area contributed by atoms with Crippen molar-refractivity contribution in [3.05, 3.63) is 58.9 Å². The third-order valence-corrected chi connectivity index (χ3v) is 3.69. The van der Waals surface area contributed by atoms with Crippen LogP contribution in [0.25, 0.3) is 0 Å². The van der Waals surface area contributed by atoms with Crippen molar-refractivity contribution < 1.29 is 14.3 Å². The van der Waals surface area contributed by atoms with Crippen LogP contribution in [0.5, 0.6) is 0 Å². The summed E-state index contributed by atoms with van der Waals surface area (Å²) in [4.78, 5) is 13.2. The third kappa shape index (κ3) is 2.03. The number of hydrogen-bond donors (Lipinski definition) is 1. The normalized spacial score (nSPS) is 13.4. The summed E-state index contributed by atoms with van der Waals surface area (Å²) in [6.07, 6.45) is 0.799. The number of fused-ring (bicyclic) bond motifs is 1.